The number of nitrogens with one attached hydrogen (secondary N) is 1. The van der Waals surface area contributed by atoms with Crippen molar-refractivity contribution >= 4 is 12.1 Å². The number of aromatic carboxylic acids is 1. The number of alkyl carbamates (subject to hydrolysis) is 1. The molecule has 2 N–H and O–H groups in total. The summed E-state index contributed by atoms with van der Waals surface area (Å²) in [4.78, 5) is 23.8. The number of carboxylic acids is 1. The van der Waals surface area contributed by atoms with Crippen molar-refractivity contribution in [2.45, 2.75) is 31.3 Å². The lowest BCUT2D eigenvalue weighted by Gasteiger charge is -2.24. The van der Waals surface area contributed by atoms with Gasteiger partial charge in [0.15, 0.2) is 5.69 Å². The molecule has 0 saturated carbocycles. The van der Waals surface area contributed by atoms with Gasteiger partial charge in [0.25, 0.3) is 0 Å². The number of carbonyl (C=O) groups is 2. The molecule has 0 spiro atoms. The largest absolute Gasteiger partial charge is 0.476 e. The number of hydrogen-bond acceptors (Lipinski definition) is 4. The van der Waals surface area contributed by atoms with Crippen molar-refractivity contribution in [3.05, 3.63) is 77.1 Å². The normalized spacial score (nSPS) is 17.0. The molecule has 0 fully saturated rings. The van der Waals surface area contributed by atoms with Gasteiger partial charge in [-0.15, -0.1) is 0 Å². The van der Waals surface area contributed by atoms with Crippen molar-refractivity contribution in [2.75, 3.05) is 6.61 Å². The first-order valence-electron chi connectivity index (χ1n) is 10.0. The molecule has 0 radical (unpaired) electrons. The maximum Gasteiger partial charge on any atom is 0.407 e. The van der Waals surface area contributed by atoms with Crippen LogP contribution < -0.4 is 5.32 Å². The number of ether oxygens (including phenoxy) is 1. The highest BCUT2D eigenvalue weighted by molar-refractivity contribution is 5.85. The van der Waals surface area contributed by atoms with Crippen molar-refractivity contribution in [1.82, 2.24) is 15.1 Å². The zero-order valence-electron chi connectivity index (χ0n) is 16.2. The number of benzene rings is 2. The van der Waals surface area contributed by atoms with Gasteiger partial charge in [-0.1, -0.05) is 48.5 Å². The first-order valence-corrected chi connectivity index (χ1v) is 10.0. The molecule has 1 aromatic heterocycles. The minimum Gasteiger partial charge on any atom is -0.476 e. The van der Waals surface area contributed by atoms with Gasteiger partial charge < -0.3 is 15.2 Å². The number of carboxylic acid groups (broad SMARTS) is 1. The molecule has 1 aliphatic heterocycles. The fourth-order valence-electron chi connectivity index (χ4n) is 4.52. The summed E-state index contributed by atoms with van der Waals surface area (Å²) in [5, 5.41) is 16.2. The topological polar surface area (TPSA) is 93.5 Å². The van der Waals surface area contributed by atoms with Gasteiger partial charge in [-0.25, -0.2) is 9.59 Å². The van der Waals surface area contributed by atoms with Gasteiger partial charge in [0.05, 0.1) is 11.7 Å². The van der Waals surface area contributed by atoms with Crippen LogP contribution in [0.1, 0.15) is 52.1 Å². The number of amides is 1. The summed E-state index contributed by atoms with van der Waals surface area (Å²) in [7, 11) is 0. The third-order valence-corrected chi connectivity index (χ3v) is 5.89. The van der Waals surface area contributed by atoms with E-state index in [1.54, 1.807) is 4.68 Å². The summed E-state index contributed by atoms with van der Waals surface area (Å²) >= 11 is 0. The van der Waals surface area contributed by atoms with Crippen LogP contribution in [0.5, 0.6) is 0 Å². The van der Waals surface area contributed by atoms with Crippen molar-refractivity contribution in [3.8, 4) is 11.1 Å². The van der Waals surface area contributed by atoms with Crippen LogP contribution in [0.3, 0.4) is 0 Å². The predicted octanol–water partition coefficient (Wildman–Crippen LogP) is 3.95. The highest BCUT2D eigenvalue weighted by Gasteiger charge is 2.30. The van der Waals surface area contributed by atoms with Crippen LogP contribution in [-0.2, 0) is 11.3 Å². The minimum atomic E-state index is -1.07. The number of rotatable bonds is 4. The maximum absolute atomic E-state index is 12.6. The maximum atomic E-state index is 12.6. The molecule has 1 atom stereocenters. The Labute approximate surface area is 173 Å². The molecule has 30 heavy (non-hydrogen) atoms. The Hall–Kier alpha value is -3.61. The zero-order valence-corrected chi connectivity index (χ0v) is 16.2. The molecule has 5 rings (SSSR count). The Morgan fingerprint density at radius 3 is 2.43 bits per heavy atom. The van der Waals surface area contributed by atoms with Crippen LogP contribution in [0.2, 0.25) is 0 Å². The first-order chi connectivity index (χ1) is 14.6. The fourth-order valence-corrected chi connectivity index (χ4v) is 4.52. The minimum absolute atomic E-state index is 0.00125. The lowest BCUT2D eigenvalue weighted by Crippen LogP contribution is -2.33. The Kier molecular flexibility index (Phi) is 4.50. The summed E-state index contributed by atoms with van der Waals surface area (Å²) in [6.45, 7) is 0.887. The van der Waals surface area contributed by atoms with Gasteiger partial charge >= 0.3 is 12.1 Å². The van der Waals surface area contributed by atoms with E-state index in [2.05, 4.69) is 34.7 Å². The third-order valence-electron chi connectivity index (χ3n) is 5.89. The van der Waals surface area contributed by atoms with Crippen LogP contribution in [0, 0.1) is 0 Å². The lowest BCUT2D eigenvalue weighted by atomic mass is 9.98. The van der Waals surface area contributed by atoms with Gasteiger partial charge in [0.1, 0.15) is 6.61 Å². The van der Waals surface area contributed by atoms with Gasteiger partial charge in [-0.05, 0) is 41.2 Å². The molecule has 0 bridgehead atoms. The number of hydrogen-bond donors (Lipinski definition) is 2. The number of fused-ring (bicyclic) bond motifs is 4. The molecule has 7 nitrogen and oxygen atoms in total. The van der Waals surface area contributed by atoms with Crippen molar-refractivity contribution in [1.29, 1.82) is 0 Å². The van der Waals surface area contributed by atoms with Crippen molar-refractivity contribution in [3.63, 3.8) is 0 Å². The van der Waals surface area contributed by atoms with E-state index in [0.29, 0.717) is 12.2 Å². The molecule has 2 heterocycles. The molecule has 0 saturated heterocycles. The van der Waals surface area contributed by atoms with Crippen molar-refractivity contribution < 1.29 is 19.4 Å². The van der Waals surface area contributed by atoms with Crippen LogP contribution in [-0.4, -0.2) is 33.6 Å². The summed E-state index contributed by atoms with van der Waals surface area (Å²) < 4.78 is 7.27. The van der Waals surface area contributed by atoms with E-state index in [1.807, 2.05) is 24.3 Å². The number of carbonyl (C=O) groups excluding carboxylic acids is 1. The molecular formula is C23H21N3O4. The second-order valence-electron chi connectivity index (χ2n) is 7.65. The summed E-state index contributed by atoms with van der Waals surface area (Å²) in [6.07, 6.45) is 1.02. The molecule has 1 amide bonds. The van der Waals surface area contributed by atoms with Crippen LogP contribution in [0.4, 0.5) is 4.79 Å². The van der Waals surface area contributed by atoms with E-state index >= 15 is 0 Å². The first kappa shape index (κ1) is 18.4. The number of aryl methyl sites for hydroxylation is 1. The van der Waals surface area contributed by atoms with Crippen molar-refractivity contribution in [2.24, 2.45) is 0 Å². The van der Waals surface area contributed by atoms with Gasteiger partial charge in [-0.3, -0.25) is 4.68 Å². The second-order valence-corrected chi connectivity index (χ2v) is 7.65. The van der Waals surface area contributed by atoms with E-state index in [-0.39, 0.29) is 24.3 Å². The zero-order chi connectivity index (χ0) is 20.7. The summed E-state index contributed by atoms with van der Waals surface area (Å²) in [5.41, 5.74) is 5.37. The molecule has 7 heteroatoms. The Morgan fingerprint density at radius 2 is 1.77 bits per heavy atom. The second kappa shape index (κ2) is 7.33. The van der Waals surface area contributed by atoms with E-state index in [0.717, 1.165) is 24.0 Å². The van der Waals surface area contributed by atoms with Gasteiger partial charge in [0.2, 0.25) is 0 Å². The van der Waals surface area contributed by atoms with Crippen LogP contribution >= 0.6 is 0 Å². The molecule has 1 aliphatic carbocycles. The van der Waals surface area contributed by atoms with E-state index in [1.165, 1.54) is 17.2 Å². The average molecular weight is 403 g/mol. The molecule has 2 aromatic carbocycles. The molecule has 3 aromatic rings. The predicted molar refractivity (Wildman–Crippen MR) is 109 cm³/mol. The quantitative estimate of drug-likeness (QED) is 0.688. The molecular weight excluding hydrogens is 382 g/mol. The Bertz CT molecular complexity index is 1090. The number of nitrogens with zero attached hydrogens (tertiary/aromatic N) is 2. The third kappa shape index (κ3) is 3.12. The highest BCUT2D eigenvalue weighted by Crippen LogP contribution is 2.44. The molecule has 152 valence electrons. The number of aromatic nitrogens is 2. The van der Waals surface area contributed by atoms with Crippen LogP contribution in [0.25, 0.3) is 11.1 Å². The fraction of sp³-hybridized carbons (Fsp3) is 0.261. The Balaban J connectivity index is 1.30. The summed E-state index contributed by atoms with van der Waals surface area (Å²) in [6, 6.07) is 17.6. The standard InChI is InChI=1S/C23H21N3O4/c27-22(28)20-12-21-19(10-5-11-26(21)25-20)24-23(29)30-13-18-16-8-3-1-6-14(16)15-7-2-4-9-17(15)18/h1-4,6-9,12,18-19H,5,10-11,13H2,(H,24,29)(H,27,28). The van der Waals surface area contributed by atoms with Gasteiger partial charge in [0, 0.05) is 12.5 Å². The molecule has 2 aliphatic rings. The SMILES string of the molecule is O=C(NC1CCCn2nc(C(=O)O)cc21)OCC1c2ccccc2-c2ccccc21. The summed E-state index contributed by atoms with van der Waals surface area (Å²) in [5.74, 6) is -1.07. The van der Waals surface area contributed by atoms with E-state index < -0.39 is 12.1 Å². The van der Waals surface area contributed by atoms with Crippen LogP contribution in [0.15, 0.2) is 54.6 Å². The monoisotopic (exact) mass is 403 g/mol. The van der Waals surface area contributed by atoms with E-state index in [4.69, 9.17) is 4.74 Å². The lowest BCUT2D eigenvalue weighted by molar-refractivity contribution is 0.0689. The van der Waals surface area contributed by atoms with Gasteiger partial charge in [-0.2, -0.15) is 5.10 Å². The molecule has 1 unspecified atom stereocenters. The smallest absolute Gasteiger partial charge is 0.407 e. The Morgan fingerprint density at radius 1 is 1.10 bits per heavy atom. The average Bonchev–Trinajstić information content (AvgIpc) is 3.33. The van der Waals surface area contributed by atoms with E-state index in [9.17, 15) is 14.7 Å². The highest BCUT2D eigenvalue weighted by atomic mass is 16.5.